The van der Waals surface area contributed by atoms with Gasteiger partial charge in [-0.2, -0.15) is 0 Å². The van der Waals surface area contributed by atoms with E-state index in [-0.39, 0.29) is 13.0 Å². The van der Waals surface area contributed by atoms with Crippen LogP contribution in [0.15, 0.2) is 0 Å². The van der Waals surface area contributed by atoms with Crippen molar-refractivity contribution in [1.29, 1.82) is 0 Å². The van der Waals surface area contributed by atoms with E-state index < -0.39 is 18.0 Å². The van der Waals surface area contributed by atoms with Crippen molar-refractivity contribution in [3.05, 3.63) is 0 Å². The van der Waals surface area contributed by atoms with Gasteiger partial charge < -0.3 is 14.6 Å². The molecule has 0 aliphatic carbocycles. The quantitative estimate of drug-likeness (QED) is 0.462. The molecule has 0 aliphatic heterocycles. The average Bonchev–Trinajstić information content (AvgIpc) is 2.39. The number of hydrogen-bond acceptors (Lipinski definition) is 5. The van der Waals surface area contributed by atoms with E-state index in [9.17, 15) is 14.7 Å². The highest BCUT2D eigenvalue weighted by molar-refractivity contribution is 5.81. The number of rotatable bonds is 11. The lowest BCUT2D eigenvalue weighted by atomic mass is 10.2. The predicted molar refractivity (Wildman–Crippen MR) is 71.6 cm³/mol. The van der Waals surface area contributed by atoms with Crippen molar-refractivity contribution in [2.75, 3.05) is 13.2 Å². The van der Waals surface area contributed by atoms with Crippen molar-refractivity contribution < 1.29 is 24.2 Å². The van der Waals surface area contributed by atoms with E-state index in [0.717, 1.165) is 38.5 Å². The monoisotopic (exact) mass is 274 g/mol. The number of carbonyl (C=O) groups is 2. The first-order valence-electron chi connectivity index (χ1n) is 7.12. The summed E-state index contributed by atoms with van der Waals surface area (Å²) < 4.78 is 9.75. The maximum atomic E-state index is 11.3. The van der Waals surface area contributed by atoms with Crippen molar-refractivity contribution in [1.82, 2.24) is 0 Å². The topological polar surface area (TPSA) is 72.8 Å². The highest BCUT2D eigenvalue weighted by atomic mass is 16.6. The number of carbonyl (C=O) groups excluding carboxylic acids is 2. The standard InChI is InChI=1S/C14H26O5/c1-3-5-7-9-18-13(16)11-12(15)14(17)19-10-8-6-4-2/h12,15H,3-11H2,1-2H3/t12-/m0/s1. The van der Waals surface area contributed by atoms with Gasteiger partial charge in [0.25, 0.3) is 0 Å². The normalized spacial score (nSPS) is 11.9. The van der Waals surface area contributed by atoms with E-state index >= 15 is 0 Å². The SMILES string of the molecule is CCCCCOC(=O)C[C@H](O)C(=O)OCCCCC. The fourth-order valence-electron chi connectivity index (χ4n) is 1.46. The van der Waals surface area contributed by atoms with Gasteiger partial charge in [0.05, 0.1) is 19.6 Å². The Balaban J connectivity index is 3.66. The largest absolute Gasteiger partial charge is 0.466 e. The molecule has 5 heteroatoms. The summed E-state index contributed by atoms with van der Waals surface area (Å²) in [6.07, 6.45) is 3.88. The Labute approximate surface area is 115 Å². The van der Waals surface area contributed by atoms with Gasteiger partial charge in [-0.05, 0) is 12.8 Å². The average molecular weight is 274 g/mol. The molecule has 5 nitrogen and oxygen atoms in total. The summed E-state index contributed by atoms with van der Waals surface area (Å²) in [5.41, 5.74) is 0. The van der Waals surface area contributed by atoms with Gasteiger partial charge in [-0.25, -0.2) is 4.79 Å². The van der Waals surface area contributed by atoms with Crippen LogP contribution >= 0.6 is 0 Å². The first kappa shape index (κ1) is 17.9. The minimum absolute atomic E-state index is 0.287. The fourth-order valence-corrected chi connectivity index (χ4v) is 1.46. The Morgan fingerprint density at radius 1 is 0.947 bits per heavy atom. The van der Waals surface area contributed by atoms with Gasteiger partial charge in [0.2, 0.25) is 0 Å². The second-order valence-corrected chi connectivity index (χ2v) is 4.52. The maximum Gasteiger partial charge on any atom is 0.335 e. The lowest BCUT2D eigenvalue weighted by molar-refractivity contribution is -0.160. The van der Waals surface area contributed by atoms with Crippen molar-refractivity contribution in [2.45, 2.75) is 64.9 Å². The van der Waals surface area contributed by atoms with Crippen molar-refractivity contribution in [2.24, 2.45) is 0 Å². The summed E-state index contributed by atoms with van der Waals surface area (Å²) in [5.74, 6) is -1.31. The summed E-state index contributed by atoms with van der Waals surface area (Å²) in [5, 5.41) is 9.47. The molecule has 0 aromatic carbocycles. The molecule has 0 radical (unpaired) electrons. The molecule has 0 amide bonds. The van der Waals surface area contributed by atoms with Crippen molar-refractivity contribution in [3.63, 3.8) is 0 Å². The van der Waals surface area contributed by atoms with Crippen LogP contribution in [0, 0.1) is 0 Å². The highest BCUT2D eigenvalue weighted by Gasteiger charge is 2.21. The summed E-state index contributed by atoms with van der Waals surface area (Å²) >= 11 is 0. The number of ether oxygens (including phenoxy) is 2. The number of aliphatic hydroxyl groups is 1. The zero-order chi connectivity index (χ0) is 14.5. The molecule has 112 valence electrons. The van der Waals surface area contributed by atoms with Crippen LogP contribution in [0.25, 0.3) is 0 Å². The summed E-state index contributed by atoms with van der Waals surface area (Å²) in [7, 11) is 0. The molecular formula is C14H26O5. The molecule has 0 aliphatic rings. The first-order chi connectivity index (χ1) is 9.11. The number of hydrogen-bond donors (Lipinski definition) is 1. The van der Waals surface area contributed by atoms with Crippen LogP contribution in [0.1, 0.15) is 58.8 Å². The second kappa shape index (κ2) is 12.0. The summed E-state index contributed by atoms with van der Waals surface area (Å²) in [6, 6.07) is 0. The van der Waals surface area contributed by atoms with Crippen LogP contribution in [-0.4, -0.2) is 36.4 Å². The highest BCUT2D eigenvalue weighted by Crippen LogP contribution is 2.02. The fraction of sp³-hybridized carbons (Fsp3) is 0.857. The molecule has 0 rings (SSSR count). The van der Waals surface area contributed by atoms with E-state index in [4.69, 9.17) is 9.47 Å². The lowest BCUT2D eigenvalue weighted by Crippen LogP contribution is -2.27. The Kier molecular flexibility index (Phi) is 11.3. The van der Waals surface area contributed by atoms with E-state index in [1.54, 1.807) is 0 Å². The van der Waals surface area contributed by atoms with E-state index in [0.29, 0.717) is 6.61 Å². The molecule has 0 bridgehead atoms. The van der Waals surface area contributed by atoms with Gasteiger partial charge in [-0.3, -0.25) is 4.79 Å². The molecule has 0 heterocycles. The van der Waals surface area contributed by atoms with Crippen molar-refractivity contribution >= 4 is 11.9 Å². The molecule has 0 fully saturated rings. The molecule has 0 spiro atoms. The summed E-state index contributed by atoms with van der Waals surface area (Å²) in [4.78, 5) is 22.6. The molecule has 0 aromatic rings. The van der Waals surface area contributed by atoms with Gasteiger partial charge in [-0.15, -0.1) is 0 Å². The third-order valence-electron chi connectivity index (χ3n) is 2.64. The molecule has 1 N–H and O–H groups in total. The zero-order valence-corrected chi connectivity index (χ0v) is 12.0. The van der Waals surface area contributed by atoms with Gasteiger partial charge in [0.15, 0.2) is 6.10 Å². The molecule has 19 heavy (non-hydrogen) atoms. The van der Waals surface area contributed by atoms with Gasteiger partial charge in [-0.1, -0.05) is 39.5 Å². The number of esters is 2. The smallest absolute Gasteiger partial charge is 0.335 e. The van der Waals surface area contributed by atoms with Gasteiger partial charge >= 0.3 is 11.9 Å². The van der Waals surface area contributed by atoms with E-state index in [1.807, 2.05) is 6.92 Å². The van der Waals surface area contributed by atoms with E-state index in [1.165, 1.54) is 0 Å². The van der Waals surface area contributed by atoms with Crippen molar-refractivity contribution in [3.8, 4) is 0 Å². The summed E-state index contributed by atoms with van der Waals surface area (Å²) in [6.45, 7) is 4.73. The third kappa shape index (κ3) is 10.5. The molecule has 0 aromatic heterocycles. The van der Waals surface area contributed by atoms with Crippen LogP contribution in [0.5, 0.6) is 0 Å². The second-order valence-electron chi connectivity index (χ2n) is 4.52. The van der Waals surface area contributed by atoms with Crippen LogP contribution in [0.3, 0.4) is 0 Å². The number of aliphatic hydroxyl groups excluding tert-OH is 1. The van der Waals surface area contributed by atoms with Gasteiger partial charge in [0.1, 0.15) is 0 Å². The predicted octanol–water partition coefficient (Wildman–Crippen LogP) is 2.20. The van der Waals surface area contributed by atoms with Crippen LogP contribution in [0.2, 0.25) is 0 Å². The Morgan fingerprint density at radius 2 is 1.47 bits per heavy atom. The Hall–Kier alpha value is -1.10. The Morgan fingerprint density at radius 3 is 2.00 bits per heavy atom. The maximum absolute atomic E-state index is 11.3. The lowest BCUT2D eigenvalue weighted by Gasteiger charge is -2.10. The molecule has 1 atom stereocenters. The molecule has 0 unspecified atom stereocenters. The first-order valence-corrected chi connectivity index (χ1v) is 7.12. The molecule has 0 saturated carbocycles. The Bertz CT molecular complexity index is 252. The van der Waals surface area contributed by atoms with E-state index in [2.05, 4.69) is 6.92 Å². The van der Waals surface area contributed by atoms with Crippen LogP contribution in [0.4, 0.5) is 0 Å². The minimum atomic E-state index is -1.42. The third-order valence-corrected chi connectivity index (χ3v) is 2.64. The molecule has 0 saturated heterocycles. The van der Waals surface area contributed by atoms with Crippen LogP contribution in [-0.2, 0) is 19.1 Å². The number of unbranched alkanes of at least 4 members (excludes halogenated alkanes) is 4. The molecular weight excluding hydrogens is 248 g/mol. The van der Waals surface area contributed by atoms with Gasteiger partial charge in [0, 0.05) is 0 Å². The minimum Gasteiger partial charge on any atom is -0.466 e. The van der Waals surface area contributed by atoms with Crippen LogP contribution < -0.4 is 0 Å². The zero-order valence-electron chi connectivity index (χ0n) is 12.0.